The number of carbonyl (C=O) groups is 2. The van der Waals surface area contributed by atoms with Crippen molar-refractivity contribution in [2.45, 2.75) is 56.4 Å². The van der Waals surface area contributed by atoms with E-state index in [1.807, 2.05) is 28.0 Å². The monoisotopic (exact) mass is 511 g/mol. The zero-order valence-corrected chi connectivity index (χ0v) is 21.3. The number of carbonyl (C=O) groups excluding carboxylic acids is 2. The number of fused-ring (bicyclic) bond motifs is 2. The number of rotatable bonds is 7. The topological polar surface area (TPSA) is 82.1 Å². The summed E-state index contributed by atoms with van der Waals surface area (Å²) in [5.74, 6) is -0.0779. The van der Waals surface area contributed by atoms with Crippen LogP contribution in [0.3, 0.4) is 0 Å². The van der Waals surface area contributed by atoms with Crippen LogP contribution in [0.15, 0.2) is 48.5 Å². The smallest absolute Gasteiger partial charge is 0.244 e. The molecule has 3 heterocycles. The number of hydrogen-bond acceptors (Lipinski definition) is 5. The van der Waals surface area contributed by atoms with Crippen molar-refractivity contribution in [2.75, 3.05) is 32.8 Å². The van der Waals surface area contributed by atoms with Gasteiger partial charge in [-0.3, -0.25) is 14.9 Å². The Hall–Kier alpha value is -2.45. The van der Waals surface area contributed by atoms with Crippen LogP contribution in [0.5, 0.6) is 0 Å². The number of halogens is 1. The summed E-state index contributed by atoms with van der Waals surface area (Å²) in [4.78, 5) is 30.5. The van der Waals surface area contributed by atoms with Gasteiger partial charge in [-0.2, -0.15) is 0 Å². The zero-order chi connectivity index (χ0) is 25.1. The van der Waals surface area contributed by atoms with Crippen molar-refractivity contribution < 1.29 is 19.4 Å². The van der Waals surface area contributed by atoms with Crippen LogP contribution in [0.1, 0.15) is 54.8 Å². The molecule has 7 nitrogen and oxygen atoms in total. The van der Waals surface area contributed by atoms with Gasteiger partial charge in [-0.1, -0.05) is 48.0 Å². The second-order valence-electron chi connectivity index (χ2n) is 10.0. The van der Waals surface area contributed by atoms with Crippen molar-refractivity contribution in [1.29, 1.82) is 0 Å². The molecule has 3 aliphatic heterocycles. The van der Waals surface area contributed by atoms with E-state index in [4.69, 9.17) is 16.3 Å². The molecule has 2 atom stereocenters. The molecular weight excluding hydrogens is 478 g/mol. The average molecular weight is 512 g/mol. The molecule has 2 fully saturated rings. The first kappa shape index (κ1) is 25.2. The number of piperidine rings is 1. The van der Waals surface area contributed by atoms with E-state index < -0.39 is 6.04 Å². The molecule has 2 saturated heterocycles. The highest BCUT2D eigenvalue weighted by Crippen LogP contribution is 2.44. The molecule has 0 unspecified atom stereocenters. The molecule has 0 saturated carbocycles. The number of benzene rings is 2. The van der Waals surface area contributed by atoms with E-state index in [9.17, 15) is 14.7 Å². The number of likely N-dealkylation sites (tertiary alicyclic amines) is 2. The van der Waals surface area contributed by atoms with Gasteiger partial charge in [0.2, 0.25) is 11.8 Å². The summed E-state index contributed by atoms with van der Waals surface area (Å²) in [6.07, 6.45) is 3.92. The van der Waals surface area contributed by atoms with Crippen LogP contribution in [-0.2, 0) is 26.5 Å². The van der Waals surface area contributed by atoms with Crippen LogP contribution in [0, 0.1) is 0 Å². The summed E-state index contributed by atoms with van der Waals surface area (Å²) in [5, 5.41) is 13.3. The maximum absolute atomic E-state index is 13.6. The van der Waals surface area contributed by atoms with E-state index in [0.29, 0.717) is 37.7 Å². The van der Waals surface area contributed by atoms with Gasteiger partial charge in [0.05, 0.1) is 18.8 Å². The molecule has 8 heteroatoms. The maximum Gasteiger partial charge on any atom is 0.244 e. The van der Waals surface area contributed by atoms with Crippen molar-refractivity contribution in [1.82, 2.24) is 15.1 Å². The van der Waals surface area contributed by atoms with Crippen molar-refractivity contribution in [3.8, 4) is 0 Å². The van der Waals surface area contributed by atoms with Crippen molar-refractivity contribution in [2.24, 2.45) is 0 Å². The normalized spacial score (nSPS) is 21.6. The Balaban J connectivity index is 1.24. The lowest BCUT2D eigenvalue weighted by atomic mass is 9.84. The quantitative estimate of drug-likeness (QED) is 0.595. The molecule has 1 spiro atoms. The number of nitrogens with zero attached hydrogens (tertiary/aromatic N) is 2. The molecule has 0 bridgehead atoms. The number of amides is 2. The van der Waals surface area contributed by atoms with Crippen LogP contribution < -0.4 is 5.32 Å². The van der Waals surface area contributed by atoms with Gasteiger partial charge in [-0.05, 0) is 60.9 Å². The van der Waals surface area contributed by atoms with E-state index in [-0.39, 0.29) is 36.6 Å². The number of hydrogen-bond donors (Lipinski definition) is 2. The lowest BCUT2D eigenvalue weighted by molar-refractivity contribution is -0.138. The van der Waals surface area contributed by atoms with Crippen LogP contribution in [-0.4, -0.2) is 65.5 Å². The number of ether oxygens (including phenoxy) is 1. The van der Waals surface area contributed by atoms with Gasteiger partial charge in [0.15, 0.2) is 0 Å². The van der Waals surface area contributed by atoms with Gasteiger partial charge in [-0.25, -0.2) is 0 Å². The summed E-state index contributed by atoms with van der Waals surface area (Å²) in [6, 6.07) is 14.9. The Morgan fingerprint density at radius 2 is 1.86 bits per heavy atom. The molecule has 2 aromatic rings. The first-order valence-electron chi connectivity index (χ1n) is 12.9. The third-order valence-electron chi connectivity index (χ3n) is 7.97. The van der Waals surface area contributed by atoms with Gasteiger partial charge < -0.3 is 19.6 Å². The lowest BCUT2D eigenvalue weighted by Crippen LogP contribution is -2.49. The molecular formula is C28H34ClN3O4. The summed E-state index contributed by atoms with van der Waals surface area (Å²) in [6.45, 7) is 2.67. The minimum Gasteiger partial charge on any atom is -0.396 e. The predicted molar refractivity (Wildman–Crippen MR) is 137 cm³/mol. The fraction of sp³-hybridized carbons (Fsp3) is 0.500. The van der Waals surface area contributed by atoms with Gasteiger partial charge >= 0.3 is 0 Å². The standard InChI is InChI=1S/C28H34ClN3O4/c29-22-9-7-20(8-10-22)26(27(35)32-14-3-5-23(32)11-17-33)30-18-25(34)31-15-12-28(13-16-31)24-6-2-1-4-21(24)19-36-28/h1-2,4,6-10,23,26,30,33H,3,5,11-19H2/t23-,26-/m1/s1. The van der Waals surface area contributed by atoms with E-state index in [0.717, 1.165) is 31.2 Å². The van der Waals surface area contributed by atoms with Crippen LogP contribution in [0.25, 0.3) is 0 Å². The van der Waals surface area contributed by atoms with Crippen LogP contribution in [0.2, 0.25) is 5.02 Å². The summed E-state index contributed by atoms with van der Waals surface area (Å²) >= 11 is 6.08. The molecule has 2 aromatic carbocycles. The minimum atomic E-state index is -0.647. The molecule has 0 aromatic heterocycles. The number of nitrogens with one attached hydrogen (secondary N) is 1. The average Bonchev–Trinajstić information content (AvgIpc) is 3.51. The van der Waals surface area contributed by atoms with Crippen LogP contribution >= 0.6 is 11.6 Å². The second-order valence-corrected chi connectivity index (χ2v) is 10.5. The molecule has 3 aliphatic rings. The van der Waals surface area contributed by atoms with Crippen LogP contribution in [0.4, 0.5) is 0 Å². The number of aliphatic hydroxyl groups is 1. The molecule has 5 rings (SSSR count). The largest absolute Gasteiger partial charge is 0.396 e. The van der Waals surface area contributed by atoms with E-state index in [2.05, 4.69) is 23.5 Å². The molecule has 36 heavy (non-hydrogen) atoms. The second kappa shape index (κ2) is 10.9. The summed E-state index contributed by atoms with van der Waals surface area (Å²) in [7, 11) is 0. The first-order valence-corrected chi connectivity index (χ1v) is 13.3. The summed E-state index contributed by atoms with van der Waals surface area (Å²) < 4.78 is 6.23. The Kier molecular flexibility index (Phi) is 7.62. The lowest BCUT2D eigenvalue weighted by Gasteiger charge is -2.39. The zero-order valence-electron chi connectivity index (χ0n) is 20.5. The Morgan fingerprint density at radius 3 is 2.61 bits per heavy atom. The highest BCUT2D eigenvalue weighted by atomic mass is 35.5. The molecule has 0 aliphatic carbocycles. The molecule has 192 valence electrons. The molecule has 2 amide bonds. The van der Waals surface area contributed by atoms with Crippen molar-refractivity contribution >= 4 is 23.4 Å². The molecule has 2 N–H and O–H groups in total. The fourth-order valence-corrected chi connectivity index (χ4v) is 6.09. The molecule has 0 radical (unpaired) electrons. The summed E-state index contributed by atoms with van der Waals surface area (Å²) in [5.41, 5.74) is 2.98. The first-order chi connectivity index (χ1) is 17.5. The van der Waals surface area contributed by atoms with E-state index >= 15 is 0 Å². The van der Waals surface area contributed by atoms with Gasteiger partial charge in [-0.15, -0.1) is 0 Å². The SMILES string of the molecule is O=C(CN[C@@H](C(=O)N1CCC[C@@H]1CCO)c1ccc(Cl)cc1)N1CCC2(CC1)OCc1ccccc12. The third-order valence-corrected chi connectivity index (χ3v) is 8.22. The van der Waals surface area contributed by atoms with Gasteiger partial charge in [0.1, 0.15) is 6.04 Å². The highest BCUT2D eigenvalue weighted by molar-refractivity contribution is 6.30. The fourth-order valence-electron chi connectivity index (χ4n) is 5.96. The number of aliphatic hydroxyl groups excluding tert-OH is 1. The predicted octanol–water partition coefficient (Wildman–Crippen LogP) is 3.39. The Labute approximate surface area is 217 Å². The minimum absolute atomic E-state index is 0.0174. The Bertz CT molecular complexity index is 1080. The highest BCUT2D eigenvalue weighted by Gasteiger charge is 2.43. The van der Waals surface area contributed by atoms with Gasteiger partial charge in [0.25, 0.3) is 0 Å². The van der Waals surface area contributed by atoms with E-state index in [1.165, 1.54) is 11.1 Å². The van der Waals surface area contributed by atoms with Crippen molar-refractivity contribution in [3.63, 3.8) is 0 Å². The Morgan fingerprint density at radius 1 is 1.11 bits per heavy atom. The van der Waals surface area contributed by atoms with Crippen molar-refractivity contribution in [3.05, 3.63) is 70.2 Å². The third kappa shape index (κ3) is 5.02. The van der Waals surface area contributed by atoms with E-state index in [1.54, 1.807) is 12.1 Å². The van der Waals surface area contributed by atoms with Gasteiger partial charge in [0, 0.05) is 37.3 Å². The maximum atomic E-state index is 13.6.